The van der Waals surface area contributed by atoms with Crippen LogP contribution in [0, 0.1) is 5.82 Å². The molecule has 0 unspecified atom stereocenters. The van der Waals surface area contributed by atoms with E-state index in [-0.39, 0.29) is 23.6 Å². The molecule has 0 bridgehead atoms. The van der Waals surface area contributed by atoms with E-state index in [1.165, 1.54) is 24.3 Å². The fourth-order valence-electron chi connectivity index (χ4n) is 1.58. The molecule has 0 aliphatic heterocycles. The maximum atomic E-state index is 12.8. The highest BCUT2D eigenvalue weighted by Crippen LogP contribution is 2.23. The third kappa shape index (κ3) is 3.09. The topological polar surface area (TPSA) is 68.0 Å². The number of carbonyl (C=O) groups is 1. The Bertz CT molecular complexity index is 785. The lowest BCUT2D eigenvalue weighted by Crippen LogP contribution is -2.10. The number of nitrogens with zero attached hydrogens (tertiary/aromatic N) is 2. The molecule has 0 aliphatic carbocycles. The van der Waals surface area contributed by atoms with E-state index in [4.69, 9.17) is 16.0 Å². The summed E-state index contributed by atoms with van der Waals surface area (Å²) in [5.41, 5.74) is 0.559. The van der Waals surface area contributed by atoms with Gasteiger partial charge in [0.2, 0.25) is 5.89 Å². The first-order valence-electron chi connectivity index (χ1n) is 5.78. The van der Waals surface area contributed by atoms with Gasteiger partial charge in [-0.25, -0.2) is 4.39 Å². The van der Waals surface area contributed by atoms with E-state index in [0.717, 1.165) is 11.3 Å². The molecule has 0 saturated carbocycles. The normalized spacial score (nSPS) is 10.6. The highest BCUT2D eigenvalue weighted by Gasteiger charge is 2.14. The van der Waals surface area contributed by atoms with Crippen molar-refractivity contribution in [2.24, 2.45) is 0 Å². The van der Waals surface area contributed by atoms with Crippen LogP contribution in [0.25, 0.3) is 11.5 Å². The molecule has 8 heteroatoms. The number of carbonyl (C=O) groups excluding carboxylic acids is 1. The van der Waals surface area contributed by atoms with Crippen molar-refractivity contribution in [1.29, 1.82) is 0 Å². The predicted molar refractivity (Wildman–Crippen MR) is 77.0 cm³/mol. The quantitative estimate of drug-likeness (QED) is 0.795. The van der Waals surface area contributed by atoms with Gasteiger partial charge in [-0.15, -0.1) is 16.4 Å². The van der Waals surface area contributed by atoms with Gasteiger partial charge in [-0.2, -0.15) is 0 Å². The number of hydrogen-bond acceptors (Lipinski definition) is 5. The second kappa shape index (κ2) is 5.63. The molecule has 0 atom stereocenters. The minimum absolute atomic E-state index is 0.0381. The highest BCUT2D eigenvalue weighted by atomic mass is 35.5. The zero-order chi connectivity index (χ0) is 14.8. The number of amides is 1. The van der Waals surface area contributed by atoms with Crippen LogP contribution in [0.3, 0.4) is 0 Å². The number of thiophene rings is 1. The van der Waals surface area contributed by atoms with Gasteiger partial charge < -0.3 is 4.42 Å². The fraction of sp³-hybridized carbons (Fsp3) is 0. The summed E-state index contributed by atoms with van der Waals surface area (Å²) >= 11 is 6.90. The molecule has 3 aromatic rings. The average Bonchev–Trinajstić information content (AvgIpc) is 3.09. The number of rotatable bonds is 3. The SMILES string of the molecule is O=C(Nc1nnc(-c2ccc(F)cc2)o1)c1ccc(Cl)s1. The molecule has 1 N–H and O–H groups in total. The van der Waals surface area contributed by atoms with Crippen LogP contribution < -0.4 is 5.32 Å². The molecule has 106 valence electrons. The van der Waals surface area contributed by atoms with Crippen LogP contribution in [0.15, 0.2) is 40.8 Å². The lowest BCUT2D eigenvalue weighted by molar-refractivity contribution is 0.102. The van der Waals surface area contributed by atoms with E-state index in [1.54, 1.807) is 12.1 Å². The molecule has 2 aromatic heterocycles. The van der Waals surface area contributed by atoms with Crippen LogP contribution in [0.2, 0.25) is 4.34 Å². The van der Waals surface area contributed by atoms with Gasteiger partial charge in [0.25, 0.3) is 5.91 Å². The van der Waals surface area contributed by atoms with Gasteiger partial charge in [0.1, 0.15) is 5.82 Å². The number of hydrogen-bond donors (Lipinski definition) is 1. The summed E-state index contributed by atoms with van der Waals surface area (Å²) in [5, 5.41) is 9.98. The van der Waals surface area contributed by atoms with Crippen molar-refractivity contribution in [3.63, 3.8) is 0 Å². The van der Waals surface area contributed by atoms with E-state index in [0.29, 0.717) is 14.8 Å². The average molecular weight is 324 g/mol. The van der Waals surface area contributed by atoms with E-state index in [9.17, 15) is 9.18 Å². The minimum Gasteiger partial charge on any atom is -0.403 e. The van der Waals surface area contributed by atoms with Gasteiger partial charge in [0.15, 0.2) is 0 Å². The summed E-state index contributed by atoms with van der Waals surface area (Å²) in [6, 6.07) is 8.76. The molecular formula is C13H7ClFN3O2S. The molecule has 0 fully saturated rings. The molecule has 0 saturated heterocycles. The van der Waals surface area contributed by atoms with Gasteiger partial charge in [0, 0.05) is 5.56 Å². The fourth-order valence-corrected chi connectivity index (χ4v) is 2.52. The molecule has 0 aliphatic rings. The first kappa shape index (κ1) is 13.7. The lowest BCUT2D eigenvalue weighted by atomic mass is 10.2. The Morgan fingerprint density at radius 2 is 1.95 bits per heavy atom. The Hall–Kier alpha value is -2.25. The van der Waals surface area contributed by atoms with Crippen molar-refractivity contribution < 1.29 is 13.6 Å². The van der Waals surface area contributed by atoms with Crippen LogP contribution >= 0.6 is 22.9 Å². The monoisotopic (exact) mass is 323 g/mol. The van der Waals surface area contributed by atoms with Gasteiger partial charge in [-0.1, -0.05) is 16.7 Å². The molecule has 2 heterocycles. The van der Waals surface area contributed by atoms with Gasteiger partial charge in [0.05, 0.1) is 9.21 Å². The second-order valence-corrected chi connectivity index (χ2v) is 5.69. The Labute approximate surface area is 127 Å². The van der Waals surface area contributed by atoms with Gasteiger partial charge >= 0.3 is 6.01 Å². The van der Waals surface area contributed by atoms with Crippen molar-refractivity contribution in [2.45, 2.75) is 0 Å². The molecule has 3 rings (SSSR count). The third-order valence-electron chi connectivity index (χ3n) is 2.53. The molecule has 1 amide bonds. The summed E-state index contributed by atoms with van der Waals surface area (Å²) in [7, 11) is 0. The lowest BCUT2D eigenvalue weighted by Gasteiger charge is -1.96. The summed E-state index contributed by atoms with van der Waals surface area (Å²) in [4.78, 5) is 12.3. The molecule has 0 radical (unpaired) electrons. The maximum Gasteiger partial charge on any atom is 0.322 e. The van der Waals surface area contributed by atoms with Crippen molar-refractivity contribution >= 4 is 34.9 Å². The largest absolute Gasteiger partial charge is 0.403 e. The molecule has 0 spiro atoms. The van der Waals surface area contributed by atoms with E-state index in [2.05, 4.69) is 15.5 Å². The number of anilines is 1. The van der Waals surface area contributed by atoms with Crippen molar-refractivity contribution in [3.05, 3.63) is 51.4 Å². The second-order valence-electron chi connectivity index (χ2n) is 3.98. The number of nitrogens with one attached hydrogen (secondary N) is 1. The van der Waals surface area contributed by atoms with E-state index in [1.807, 2.05) is 0 Å². The van der Waals surface area contributed by atoms with Crippen LogP contribution in [0.1, 0.15) is 9.67 Å². The summed E-state index contributed by atoms with van der Waals surface area (Å²) in [6.45, 7) is 0. The summed E-state index contributed by atoms with van der Waals surface area (Å²) in [6.07, 6.45) is 0. The van der Waals surface area contributed by atoms with Crippen molar-refractivity contribution in [2.75, 3.05) is 5.32 Å². The van der Waals surface area contributed by atoms with Crippen LogP contribution in [-0.2, 0) is 0 Å². The third-order valence-corrected chi connectivity index (χ3v) is 3.76. The first-order valence-corrected chi connectivity index (χ1v) is 6.97. The number of benzene rings is 1. The zero-order valence-electron chi connectivity index (χ0n) is 10.3. The van der Waals surface area contributed by atoms with Crippen LogP contribution in [-0.4, -0.2) is 16.1 Å². The highest BCUT2D eigenvalue weighted by molar-refractivity contribution is 7.18. The predicted octanol–water partition coefficient (Wildman–Crippen LogP) is 3.84. The zero-order valence-corrected chi connectivity index (χ0v) is 11.9. The Morgan fingerprint density at radius 1 is 1.19 bits per heavy atom. The van der Waals surface area contributed by atoms with Crippen LogP contribution in [0.4, 0.5) is 10.4 Å². The minimum atomic E-state index is -0.388. The van der Waals surface area contributed by atoms with E-state index >= 15 is 0 Å². The molecule has 5 nitrogen and oxygen atoms in total. The van der Waals surface area contributed by atoms with Crippen molar-refractivity contribution in [3.8, 4) is 11.5 Å². The van der Waals surface area contributed by atoms with Gasteiger partial charge in [-0.3, -0.25) is 10.1 Å². The standard InChI is InChI=1S/C13H7ClFN3O2S/c14-10-6-5-9(21-10)11(19)16-13-18-17-12(20-13)7-1-3-8(15)4-2-7/h1-6H,(H,16,18,19). The van der Waals surface area contributed by atoms with Crippen LogP contribution in [0.5, 0.6) is 0 Å². The number of halogens is 2. The maximum absolute atomic E-state index is 12.8. The molecule has 21 heavy (non-hydrogen) atoms. The molecular weight excluding hydrogens is 317 g/mol. The Balaban J connectivity index is 1.76. The Morgan fingerprint density at radius 3 is 2.62 bits per heavy atom. The number of aromatic nitrogens is 2. The summed E-state index contributed by atoms with van der Waals surface area (Å²) < 4.78 is 18.7. The molecule has 1 aromatic carbocycles. The summed E-state index contributed by atoms with van der Waals surface area (Å²) in [5.74, 6) is -0.558. The van der Waals surface area contributed by atoms with E-state index < -0.39 is 0 Å². The van der Waals surface area contributed by atoms with Crippen molar-refractivity contribution in [1.82, 2.24) is 10.2 Å². The Kier molecular flexibility index (Phi) is 3.68. The van der Waals surface area contributed by atoms with Gasteiger partial charge in [-0.05, 0) is 36.4 Å². The smallest absolute Gasteiger partial charge is 0.322 e. The first-order chi connectivity index (χ1) is 10.1.